The SMILES string of the molecule is CC1CCN(C(=O)NN2C(C)CCCC2C)C(C(=O)O)C1. The van der Waals surface area contributed by atoms with Gasteiger partial charge in [-0.1, -0.05) is 13.3 Å². The van der Waals surface area contributed by atoms with E-state index in [1.165, 1.54) is 11.3 Å². The van der Waals surface area contributed by atoms with Crippen molar-refractivity contribution in [3.63, 3.8) is 0 Å². The summed E-state index contributed by atoms with van der Waals surface area (Å²) in [6.07, 6.45) is 4.69. The average molecular weight is 297 g/mol. The van der Waals surface area contributed by atoms with Gasteiger partial charge < -0.3 is 10.0 Å². The van der Waals surface area contributed by atoms with Gasteiger partial charge in [0.05, 0.1) is 0 Å². The first-order valence-corrected chi connectivity index (χ1v) is 7.98. The molecular weight excluding hydrogens is 270 g/mol. The van der Waals surface area contributed by atoms with Crippen LogP contribution in [0.2, 0.25) is 0 Å². The van der Waals surface area contributed by atoms with Crippen molar-refractivity contribution in [3.8, 4) is 0 Å². The molecule has 120 valence electrons. The quantitative estimate of drug-likeness (QED) is 0.818. The van der Waals surface area contributed by atoms with E-state index in [1.807, 2.05) is 11.9 Å². The van der Waals surface area contributed by atoms with Crippen molar-refractivity contribution >= 4 is 12.0 Å². The summed E-state index contributed by atoms with van der Waals surface area (Å²) in [6.45, 7) is 6.76. The van der Waals surface area contributed by atoms with Crippen LogP contribution in [0.25, 0.3) is 0 Å². The molecule has 0 aromatic carbocycles. The van der Waals surface area contributed by atoms with Crippen LogP contribution < -0.4 is 5.43 Å². The molecule has 0 aromatic heterocycles. The zero-order chi connectivity index (χ0) is 15.6. The number of nitrogens with zero attached hydrogens (tertiary/aromatic N) is 2. The molecule has 2 fully saturated rings. The monoisotopic (exact) mass is 297 g/mol. The fourth-order valence-electron chi connectivity index (χ4n) is 3.44. The Bertz CT molecular complexity index is 392. The summed E-state index contributed by atoms with van der Waals surface area (Å²) in [5.41, 5.74) is 2.94. The zero-order valence-corrected chi connectivity index (χ0v) is 13.2. The van der Waals surface area contributed by atoms with Gasteiger partial charge in [0, 0.05) is 18.6 Å². The van der Waals surface area contributed by atoms with E-state index in [-0.39, 0.29) is 6.03 Å². The molecule has 6 heteroatoms. The Morgan fingerprint density at radius 3 is 2.29 bits per heavy atom. The number of carboxylic acids is 1. The number of carboxylic acid groups (broad SMARTS) is 1. The van der Waals surface area contributed by atoms with Gasteiger partial charge in [-0.3, -0.25) is 5.43 Å². The van der Waals surface area contributed by atoms with Gasteiger partial charge in [0.2, 0.25) is 0 Å². The molecule has 0 radical (unpaired) electrons. The number of hydrazine groups is 1. The molecule has 2 amide bonds. The molecular formula is C15H27N3O3. The Kier molecular flexibility index (Phi) is 5.08. The maximum Gasteiger partial charge on any atom is 0.332 e. The molecule has 0 bridgehead atoms. The van der Waals surface area contributed by atoms with Crippen LogP contribution in [-0.4, -0.2) is 51.7 Å². The standard InChI is InChI=1S/C15H27N3O3/c1-10-7-8-17(13(9-10)14(19)20)15(21)16-18-11(2)5-4-6-12(18)3/h10-13H,4-9H2,1-3H3,(H,16,21)(H,19,20). The van der Waals surface area contributed by atoms with Gasteiger partial charge >= 0.3 is 12.0 Å². The van der Waals surface area contributed by atoms with Gasteiger partial charge in [0.15, 0.2) is 0 Å². The molecule has 2 aliphatic rings. The highest BCUT2D eigenvalue weighted by Crippen LogP contribution is 2.24. The highest BCUT2D eigenvalue weighted by atomic mass is 16.4. The largest absolute Gasteiger partial charge is 0.480 e. The zero-order valence-electron chi connectivity index (χ0n) is 13.2. The summed E-state index contributed by atoms with van der Waals surface area (Å²) < 4.78 is 0. The van der Waals surface area contributed by atoms with Crippen molar-refractivity contribution in [2.45, 2.75) is 71.0 Å². The van der Waals surface area contributed by atoms with Crippen LogP contribution in [0.5, 0.6) is 0 Å². The third kappa shape index (κ3) is 3.67. The Morgan fingerprint density at radius 1 is 1.10 bits per heavy atom. The molecule has 0 spiro atoms. The van der Waals surface area contributed by atoms with Gasteiger partial charge in [0.1, 0.15) is 6.04 Å². The van der Waals surface area contributed by atoms with Crippen LogP contribution in [0.1, 0.15) is 52.9 Å². The third-order valence-electron chi connectivity index (χ3n) is 4.83. The van der Waals surface area contributed by atoms with Crippen molar-refractivity contribution < 1.29 is 14.7 Å². The van der Waals surface area contributed by atoms with E-state index in [1.54, 1.807) is 0 Å². The molecule has 2 saturated heterocycles. The lowest BCUT2D eigenvalue weighted by molar-refractivity contribution is -0.144. The average Bonchev–Trinajstić information content (AvgIpc) is 2.42. The summed E-state index contributed by atoms with van der Waals surface area (Å²) in [5, 5.41) is 11.3. The first kappa shape index (κ1) is 16.1. The Labute approximate surface area is 126 Å². The van der Waals surface area contributed by atoms with Crippen LogP contribution in [0.4, 0.5) is 4.79 Å². The molecule has 2 aliphatic heterocycles. The van der Waals surface area contributed by atoms with Crippen LogP contribution in [0.3, 0.4) is 0 Å². The first-order chi connectivity index (χ1) is 9.90. The Balaban J connectivity index is 2.02. The number of aliphatic carboxylic acids is 1. The lowest BCUT2D eigenvalue weighted by atomic mass is 9.93. The molecule has 2 N–H and O–H groups in total. The van der Waals surface area contributed by atoms with Crippen LogP contribution >= 0.6 is 0 Å². The second kappa shape index (κ2) is 6.64. The summed E-state index contributed by atoms with van der Waals surface area (Å²) in [6, 6.07) is -0.381. The summed E-state index contributed by atoms with van der Waals surface area (Å²) in [5.74, 6) is -0.556. The van der Waals surface area contributed by atoms with E-state index in [0.717, 1.165) is 19.3 Å². The fourth-order valence-corrected chi connectivity index (χ4v) is 3.44. The second-order valence-corrected chi connectivity index (χ2v) is 6.63. The molecule has 0 aromatic rings. The molecule has 0 saturated carbocycles. The van der Waals surface area contributed by atoms with Crippen LogP contribution in [0, 0.1) is 5.92 Å². The number of carbonyl (C=O) groups excluding carboxylic acids is 1. The summed E-state index contributed by atoms with van der Waals surface area (Å²) >= 11 is 0. The van der Waals surface area contributed by atoms with E-state index in [0.29, 0.717) is 31.0 Å². The van der Waals surface area contributed by atoms with Crippen molar-refractivity contribution in [1.29, 1.82) is 0 Å². The first-order valence-electron chi connectivity index (χ1n) is 7.98. The van der Waals surface area contributed by atoms with Gasteiger partial charge in [-0.05, 0) is 45.4 Å². The molecule has 2 heterocycles. The second-order valence-electron chi connectivity index (χ2n) is 6.63. The third-order valence-corrected chi connectivity index (χ3v) is 4.83. The lowest BCUT2D eigenvalue weighted by Crippen LogP contribution is -2.60. The van der Waals surface area contributed by atoms with Crippen LogP contribution in [0.15, 0.2) is 0 Å². The highest BCUT2D eigenvalue weighted by molar-refractivity contribution is 5.82. The maximum atomic E-state index is 12.5. The molecule has 21 heavy (non-hydrogen) atoms. The minimum absolute atomic E-state index is 0.269. The number of amides is 2. The normalized spacial score (nSPS) is 34.5. The van der Waals surface area contributed by atoms with E-state index < -0.39 is 12.0 Å². The topological polar surface area (TPSA) is 72.9 Å². The van der Waals surface area contributed by atoms with Crippen LogP contribution in [-0.2, 0) is 4.79 Å². The summed E-state index contributed by atoms with van der Waals surface area (Å²) in [7, 11) is 0. The minimum Gasteiger partial charge on any atom is -0.480 e. The number of piperidine rings is 2. The number of rotatable bonds is 2. The maximum absolute atomic E-state index is 12.5. The van der Waals surface area contributed by atoms with Crippen molar-refractivity contribution in [2.24, 2.45) is 5.92 Å². The van der Waals surface area contributed by atoms with Crippen molar-refractivity contribution in [3.05, 3.63) is 0 Å². The predicted octanol–water partition coefficient (Wildman–Crippen LogP) is 2.06. The fraction of sp³-hybridized carbons (Fsp3) is 0.867. The Morgan fingerprint density at radius 2 is 1.71 bits per heavy atom. The van der Waals surface area contributed by atoms with Gasteiger partial charge in [0.25, 0.3) is 0 Å². The minimum atomic E-state index is -0.906. The number of urea groups is 1. The molecule has 2 rings (SSSR count). The smallest absolute Gasteiger partial charge is 0.332 e. The van der Waals surface area contributed by atoms with Gasteiger partial charge in [-0.2, -0.15) is 0 Å². The Hall–Kier alpha value is -1.30. The highest BCUT2D eigenvalue weighted by Gasteiger charge is 2.36. The molecule has 6 nitrogen and oxygen atoms in total. The van der Waals surface area contributed by atoms with Gasteiger partial charge in [-0.25, -0.2) is 14.6 Å². The van der Waals surface area contributed by atoms with Crippen molar-refractivity contribution in [1.82, 2.24) is 15.3 Å². The molecule has 4 atom stereocenters. The van der Waals surface area contributed by atoms with Gasteiger partial charge in [-0.15, -0.1) is 0 Å². The number of hydrogen-bond acceptors (Lipinski definition) is 3. The van der Waals surface area contributed by atoms with E-state index in [9.17, 15) is 14.7 Å². The van der Waals surface area contributed by atoms with E-state index in [2.05, 4.69) is 19.3 Å². The number of nitrogens with one attached hydrogen (secondary N) is 1. The predicted molar refractivity (Wildman–Crippen MR) is 79.7 cm³/mol. The number of hydrogen-bond donors (Lipinski definition) is 2. The molecule has 0 aliphatic carbocycles. The summed E-state index contributed by atoms with van der Waals surface area (Å²) in [4.78, 5) is 25.4. The van der Waals surface area contributed by atoms with E-state index >= 15 is 0 Å². The lowest BCUT2D eigenvalue weighted by Gasteiger charge is -2.42. The van der Waals surface area contributed by atoms with E-state index in [4.69, 9.17) is 0 Å². The number of carbonyl (C=O) groups is 2. The van der Waals surface area contributed by atoms with Crippen molar-refractivity contribution in [2.75, 3.05) is 6.54 Å². The number of likely N-dealkylation sites (tertiary alicyclic amines) is 1. The molecule has 4 unspecified atom stereocenters.